The minimum absolute atomic E-state index is 0.0838. The number of nitrogens with one attached hydrogen (secondary N) is 2. The number of carbonyl (C=O) groups is 1. The zero-order chi connectivity index (χ0) is 33.7. The molecule has 5 aromatic rings. The number of urea groups is 1. The molecule has 2 aromatic heterocycles. The van der Waals surface area contributed by atoms with Gasteiger partial charge in [0, 0.05) is 40.7 Å². The maximum absolute atomic E-state index is 13.1. The number of thioether (sulfide) groups is 1. The Morgan fingerprint density at radius 2 is 1.68 bits per heavy atom. The van der Waals surface area contributed by atoms with Gasteiger partial charge >= 0.3 is 6.03 Å². The second kappa shape index (κ2) is 14.4. The van der Waals surface area contributed by atoms with Gasteiger partial charge in [0.25, 0.3) is 5.56 Å². The summed E-state index contributed by atoms with van der Waals surface area (Å²) >= 11 is 7.67. The summed E-state index contributed by atoms with van der Waals surface area (Å²) in [6, 6.07) is 25.3. The Labute approximate surface area is 283 Å². The first kappa shape index (κ1) is 33.7. The molecule has 0 aliphatic rings. The van der Waals surface area contributed by atoms with E-state index in [-0.39, 0.29) is 34.9 Å². The van der Waals surface area contributed by atoms with Crippen LogP contribution in [0.15, 0.2) is 94.6 Å². The van der Waals surface area contributed by atoms with Crippen molar-refractivity contribution in [2.45, 2.75) is 57.7 Å². The quantitative estimate of drug-likeness (QED) is 0.132. The molecule has 11 heteroatoms. The summed E-state index contributed by atoms with van der Waals surface area (Å²) in [6.45, 7) is 8.93. The molecule has 0 radical (unpaired) electrons. The Hall–Kier alpha value is -4.67. The molecule has 47 heavy (non-hydrogen) atoms. The molecule has 3 N–H and O–H groups in total. The number of ether oxygens (including phenoxy) is 1. The first-order valence-electron chi connectivity index (χ1n) is 15.1. The fourth-order valence-electron chi connectivity index (χ4n) is 5.02. The Balaban J connectivity index is 1.26. The van der Waals surface area contributed by atoms with E-state index in [1.165, 1.54) is 12.1 Å². The second-order valence-electron chi connectivity index (χ2n) is 12.1. The molecule has 2 amide bonds. The average molecular weight is 672 g/mol. The predicted octanol–water partition coefficient (Wildman–Crippen LogP) is 7.67. The van der Waals surface area contributed by atoms with Gasteiger partial charge in [-0.2, -0.15) is 5.10 Å². The number of halogens is 1. The van der Waals surface area contributed by atoms with Crippen molar-refractivity contribution in [3.8, 4) is 17.2 Å². The summed E-state index contributed by atoms with van der Waals surface area (Å²) < 4.78 is 9.38. The number of benzene rings is 3. The number of aryl methyl sites for hydroxylation is 1. The maximum atomic E-state index is 13.1. The lowest BCUT2D eigenvalue weighted by atomic mass is 9.92. The Morgan fingerprint density at radius 3 is 2.36 bits per heavy atom. The minimum Gasteiger partial charge on any atom is -0.506 e. The van der Waals surface area contributed by atoms with Crippen molar-refractivity contribution in [3.05, 3.63) is 128 Å². The number of aromatic nitrogens is 3. The normalized spacial score (nSPS) is 11.4. The summed E-state index contributed by atoms with van der Waals surface area (Å²) in [5.41, 5.74) is 4.53. The maximum Gasteiger partial charge on any atom is 0.320 e. The number of nitrogens with zero attached hydrogens (tertiary/aromatic N) is 3. The Morgan fingerprint density at radius 1 is 0.979 bits per heavy atom. The molecular formula is C36H38ClN5O4S. The highest BCUT2D eigenvalue weighted by Crippen LogP contribution is 2.30. The number of amides is 2. The van der Waals surface area contributed by atoms with Crippen LogP contribution < -0.4 is 20.9 Å². The van der Waals surface area contributed by atoms with Crippen LogP contribution in [0.5, 0.6) is 11.5 Å². The van der Waals surface area contributed by atoms with Gasteiger partial charge in [-0.05, 0) is 54.1 Å². The van der Waals surface area contributed by atoms with Gasteiger partial charge in [0.2, 0.25) is 0 Å². The number of carbonyl (C=O) groups excluding carboxylic acids is 1. The van der Waals surface area contributed by atoms with Crippen molar-refractivity contribution in [1.29, 1.82) is 0 Å². The van der Waals surface area contributed by atoms with E-state index < -0.39 is 6.03 Å². The highest BCUT2D eigenvalue weighted by Gasteiger charge is 2.22. The van der Waals surface area contributed by atoms with Crippen molar-refractivity contribution in [2.75, 3.05) is 11.6 Å². The van der Waals surface area contributed by atoms with Crippen LogP contribution >= 0.6 is 23.4 Å². The van der Waals surface area contributed by atoms with Crippen LogP contribution in [-0.2, 0) is 25.1 Å². The van der Waals surface area contributed by atoms with Crippen molar-refractivity contribution in [1.82, 2.24) is 19.7 Å². The first-order valence-corrected chi connectivity index (χ1v) is 16.7. The van der Waals surface area contributed by atoms with E-state index in [0.29, 0.717) is 23.8 Å². The zero-order valence-corrected chi connectivity index (χ0v) is 28.6. The molecule has 0 bridgehead atoms. The predicted molar refractivity (Wildman–Crippen MR) is 188 cm³/mol. The smallest absolute Gasteiger partial charge is 0.320 e. The van der Waals surface area contributed by atoms with E-state index in [1.807, 2.05) is 88.5 Å². The Bertz CT molecular complexity index is 1960. The molecule has 5 rings (SSSR count). The van der Waals surface area contributed by atoms with E-state index >= 15 is 0 Å². The molecule has 244 valence electrons. The molecule has 0 saturated carbocycles. The van der Waals surface area contributed by atoms with Crippen molar-refractivity contribution in [3.63, 3.8) is 0 Å². The number of rotatable bonds is 10. The molecule has 0 spiro atoms. The molecule has 2 heterocycles. The second-order valence-corrected chi connectivity index (χ2v) is 13.4. The summed E-state index contributed by atoms with van der Waals surface area (Å²) in [6.07, 6.45) is 2.03. The highest BCUT2D eigenvalue weighted by atomic mass is 35.5. The van der Waals surface area contributed by atoms with Crippen molar-refractivity contribution >= 4 is 35.2 Å². The lowest BCUT2D eigenvalue weighted by molar-refractivity contribution is 0.251. The Kier molecular flexibility index (Phi) is 10.3. The minimum atomic E-state index is -0.428. The van der Waals surface area contributed by atoms with Gasteiger partial charge in [-0.15, -0.1) is 11.8 Å². The zero-order valence-electron chi connectivity index (χ0n) is 27.0. The van der Waals surface area contributed by atoms with Gasteiger partial charge in [0.1, 0.15) is 23.9 Å². The summed E-state index contributed by atoms with van der Waals surface area (Å²) in [4.78, 5) is 27.3. The molecule has 0 fully saturated rings. The fraction of sp³-hybridized carbons (Fsp3) is 0.250. The van der Waals surface area contributed by atoms with Crippen molar-refractivity contribution < 1.29 is 14.6 Å². The van der Waals surface area contributed by atoms with E-state index in [9.17, 15) is 14.7 Å². The summed E-state index contributed by atoms with van der Waals surface area (Å²) in [7, 11) is 0. The third-order valence-corrected chi connectivity index (χ3v) is 8.83. The number of phenols is 1. The van der Waals surface area contributed by atoms with Gasteiger partial charge in [0.15, 0.2) is 0 Å². The van der Waals surface area contributed by atoms with E-state index in [4.69, 9.17) is 16.3 Å². The number of hydrogen-bond donors (Lipinski definition) is 3. The molecule has 9 nitrogen and oxygen atoms in total. The van der Waals surface area contributed by atoms with Crippen molar-refractivity contribution in [2.24, 2.45) is 0 Å². The third kappa shape index (κ3) is 8.19. The molecule has 0 unspecified atom stereocenters. The van der Waals surface area contributed by atoms with Crippen LogP contribution in [0.25, 0.3) is 5.69 Å². The average Bonchev–Trinajstić information content (AvgIpc) is 3.47. The molecule has 0 aliphatic carbocycles. The van der Waals surface area contributed by atoms with Crippen LogP contribution in [0.1, 0.15) is 48.8 Å². The van der Waals surface area contributed by atoms with Crippen LogP contribution in [0, 0.1) is 6.92 Å². The van der Waals surface area contributed by atoms with Gasteiger partial charge < -0.3 is 19.7 Å². The third-order valence-electron chi connectivity index (χ3n) is 7.68. The monoisotopic (exact) mass is 671 g/mol. The molecule has 0 aliphatic heterocycles. The van der Waals surface area contributed by atoms with Gasteiger partial charge in [-0.1, -0.05) is 74.8 Å². The number of hydrogen-bond acceptors (Lipinski definition) is 6. The molecule has 3 aromatic carbocycles. The van der Waals surface area contributed by atoms with E-state index in [1.54, 1.807) is 33.1 Å². The van der Waals surface area contributed by atoms with Gasteiger partial charge in [-0.25, -0.2) is 9.48 Å². The van der Waals surface area contributed by atoms with E-state index in [0.717, 1.165) is 33.0 Å². The standard InChI is InChI=1S/C36H38ClN5O4S/c1-23-16-28(18-34(44)41(23)21-25-11-8-9-13-31(25)47-5)46-22-26-12-7-6-10-24(26)20-38-35(45)39-33-19-32(36(2,3)4)40-42(33)27-14-15-29(37)30(43)17-27/h6-19,43H,20-22H2,1-5H3,(H2,38,39,45). The summed E-state index contributed by atoms with van der Waals surface area (Å²) in [5, 5.41) is 20.9. The van der Waals surface area contributed by atoms with E-state index in [2.05, 4.69) is 21.8 Å². The van der Waals surface area contributed by atoms with Crippen LogP contribution in [-0.4, -0.2) is 31.7 Å². The molecule has 0 atom stereocenters. The first-order chi connectivity index (χ1) is 22.4. The number of pyridine rings is 1. The lowest BCUT2D eigenvalue weighted by Gasteiger charge is -2.15. The number of phenolic OH excluding ortho intramolecular Hbond substituents is 1. The van der Waals surface area contributed by atoms with Crippen LogP contribution in [0.3, 0.4) is 0 Å². The van der Waals surface area contributed by atoms with Crippen LogP contribution in [0.2, 0.25) is 5.02 Å². The SMILES string of the molecule is CSc1ccccc1Cn1c(C)cc(OCc2ccccc2CNC(=O)Nc2cc(C(C)(C)C)nn2-c2ccc(Cl)c(O)c2)cc1=O. The fourth-order valence-corrected chi connectivity index (χ4v) is 5.75. The van der Waals surface area contributed by atoms with Gasteiger partial charge in [0.05, 0.1) is 22.9 Å². The van der Waals surface area contributed by atoms with Crippen LogP contribution in [0.4, 0.5) is 10.6 Å². The number of aromatic hydroxyl groups is 1. The molecular weight excluding hydrogens is 634 g/mol. The largest absolute Gasteiger partial charge is 0.506 e. The topological polar surface area (TPSA) is 110 Å². The lowest BCUT2D eigenvalue weighted by Crippen LogP contribution is -2.29. The van der Waals surface area contributed by atoms with Gasteiger partial charge in [-0.3, -0.25) is 10.1 Å². The highest BCUT2D eigenvalue weighted by molar-refractivity contribution is 7.98. The summed E-state index contributed by atoms with van der Waals surface area (Å²) in [5.74, 6) is 0.839. The molecule has 0 saturated heterocycles. The number of anilines is 1.